The molecule has 1 aromatic rings. The van der Waals surface area contributed by atoms with Gasteiger partial charge in [0.05, 0.1) is 5.56 Å². The van der Waals surface area contributed by atoms with Gasteiger partial charge in [-0.15, -0.1) is 0 Å². The van der Waals surface area contributed by atoms with Crippen molar-refractivity contribution in [2.24, 2.45) is 5.73 Å². The minimum atomic E-state index is 0.349. The summed E-state index contributed by atoms with van der Waals surface area (Å²) in [6.07, 6.45) is 3.71. The molecule has 1 aliphatic rings. The van der Waals surface area contributed by atoms with Crippen LogP contribution in [0.2, 0.25) is 0 Å². The van der Waals surface area contributed by atoms with Crippen LogP contribution < -0.4 is 10.5 Å². The summed E-state index contributed by atoms with van der Waals surface area (Å²) in [5, 5.41) is 0. The first-order valence-corrected chi connectivity index (χ1v) is 7.51. The topological polar surface area (TPSA) is 51.4 Å². The van der Waals surface area contributed by atoms with Gasteiger partial charge in [-0.05, 0) is 51.9 Å². The van der Waals surface area contributed by atoms with Crippen molar-refractivity contribution in [3.8, 4) is 5.88 Å². The molecule has 1 saturated heterocycles. The third-order valence-corrected chi connectivity index (χ3v) is 4.10. The lowest BCUT2D eigenvalue weighted by molar-refractivity contribution is 0.122. The summed E-state index contributed by atoms with van der Waals surface area (Å²) in [5.41, 5.74) is 8.52. The molecule has 2 heterocycles. The lowest BCUT2D eigenvalue weighted by atomic mass is 10.0. The number of hydrogen-bond acceptors (Lipinski definition) is 4. The Balaban J connectivity index is 2.14. The number of hydrogen-bond donors (Lipinski definition) is 1. The van der Waals surface area contributed by atoms with Crippen molar-refractivity contribution < 1.29 is 4.74 Å². The summed E-state index contributed by atoms with van der Waals surface area (Å²) in [7, 11) is 2.15. The van der Waals surface area contributed by atoms with Crippen molar-refractivity contribution in [1.82, 2.24) is 9.88 Å². The number of aryl methyl sites for hydroxylation is 2. The maximum Gasteiger partial charge on any atom is 0.224 e. The largest absolute Gasteiger partial charge is 0.475 e. The molecule has 2 N–H and O–H groups in total. The van der Waals surface area contributed by atoms with Crippen LogP contribution >= 0.6 is 12.2 Å². The average Bonchev–Trinajstić information content (AvgIpc) is 2.36. The number of aromatic nitrogens is 1. The zero-order valence-electron chi connectivity index (χ0n) is 12.5. The number of pyridine rings is 1. The highest BCUT2D eigenvalue weighted by atomic mass is 32.1. The molecule has 1 aliphatic heterocycles. The Bertz CT molecular complexity index is 504. The van der Waals surface area contributed by atoms with E-state index in [9.17, 15) is 0 Å². The van der Waals surface area contributed by atoms with Crippen molar-refractivity contribution in [3.05, 3.63) is 22.9 Å². The number of likely N-dealkylation sites (tertiary alicyclic amines) is 1. The van der Waals surface area contributed by atoms with Crippen LogP contribution in [0.15, 0.2) is 6.07 Å². The van der Waals surface area contributed by atoms with Crippen LogP contribution in [0.5, 0.6) is 5.88 Å². The lowest BCUT2D eigenvalue weighted by Crippen LogP contribution is -2.40. The molecular weight excluding hydrogens is 270 g/mol. The van der Waals surface area contributed by atoms with Gasteiger partial charge in [0, 0.05) is 11.7 Å². The molecule has 1 aromatic heterocycles. The SMILES string of the molecule is Cc1cc(C)c(C(N)=S)c(OCC2CCCCN2C)n1. The fraction of sp³-hybridized carbons (Fsp3) is 0.600. The highest BCUT2D eigenvalue weighted by Gasteiger charge is 2.21. The number of ether oxygens (including phenoxy) is 1. The van der Waals surface area contributed by atoms with E-state index in [1.54, 1.807) is 0 Å². The van der Waals surface area contributed by atoms with E-state index in [1.807, 2.05) is 19.9 Å². The molecule has 1 unspecified atom stereocenters. The number of piperidine rings is 1. The predicted molar refractivity (Wildman–Crippen MR) is 85.4 cm³/mol. The maximum absolute atomic E-state index is 5.95. The molecule has 1 fully saturated rings. The Morgan fingerprint density at radius 2 is 2.25 bits per heavy atom. The molecule has 0 amide bonds. The summed E-state index contributed by atoms with van der Waals surface area (Å²) in [4.78, 5) is 7.16. The third kappa shape index (κ3) is 3.46. The van der Waals surface area contributed by atoms with Crippen LogP contribution in [0.25, 0.3) is 0 Å². The van der Waals surface area contributed by atoms with Crippen LogP contribution in [0.4, 0.5) is 0 Å². The molecule has 1 atom stereocenters. The predicted octanol–water partition coefficient (Wildman–Crippen LogP) is 2.20. The van der Waals surface area contributed by atoms with E-state index in [4.69, 9.17) is 22.7 Å². The monoisotopic (exact) mass is 293 g/mol. The normalized spacial score (nSPS) is 19.9. The van der Waals surface area contributed by atoms with Gasteiger partial charge in [0.2, 0.25) is 5.88 Å². The quantitative estimate of drug-likeness (QED) is 0.863. The maximum atomic E-state index is 5.95. The Labute approximate surface area is 126 Å². The minimum absolute atomic E-state index is 0.349. The van der Waals surface area contributed by atoms with Crippen LogP contribution in [-0.4, -0.2) is 41.1 Å². The van der Waals surface area contributed by atoms with Gasteiger partial charge in [-0.25, -0.2) is 4.98 Å². The van der Waals surface area contributed by atoms with Gasteiger partial charge in [0.25, 0.3) is 0 Å². The second-order valence-electron chi connectivity index (χ2n) is 5.57. The van der Waals surface area contributed by atoms with Gasteiger partial charge >= 0.3 is 0 Å². The molecule has 5 heteroatoms. The van der Waals surface area contributed by atoms with Crippen molar-refractivity contribution >= 4 is 17.2 Å². The molecule has 0 bridgehead atoms. The van der Waals surface area contributed by atoms with E-state index >= 15 is 0 Å². The first-order valence-electron chi connectivity index (χ1n) is 7.10. The number of likely N-dealkylation sites (N-methyl/N-ethyl adjacent to an activating group) is 1. The molecule has 20 heavy (non-hydrogen) atoms. The average molecular weight is 293 g/mol. The van der Waals surface area contributed by atoms with Crippen LogP contribution in [0, 0.1) is 13.8 Å². The first kappa shape index (κ1) is 15.2. The van der Waals surface area contributed by atoms with Crippen molar-refractivity contribution in [3.63, 3.8) is 0 Å². The van der Waals surface area contributed by atoms with Gasteiger partial charge in [-0.2, -0.15) is 0 Å². The number of rotatable bonds is 4. The van der Waals surface area contributed by atoms with Crippen molar-refractivity contribution in [1.29, 1.82) is 0 Å². The molecule has 0 aromatic carbocycles. The van der Waals surface area contributed by atoms with Crippen LogP contribution in [0.3, 0.4) is 0 Å². The molecule has 0 spiro atoms. The summed E-state index contributed by atoms with van der Waals surface area (Å²) < 4.78 is 5.95. The summed E-state index contributed by atoms with van der Waals surface area (Å²) >= 11 is 5.12. The van der Waals surface area contributed by atoms with E-state index < -0.39 is 0 Å². The molecule has 0 saturated carbocycles. The van der Waals surface area contributed by atoms with E-state index in [2.05, 4.69) is 16.9 Å². The number of nitrogens with two attached hydrogens (primary N) is 1. The van der Waals surface area contributed by atoms with E-state index in [1.165, 1.54) is 19.3 Å². The summed E-state index contributed by atoms with van der Waals surface area (Å²) in [5.74, 6) is 0.578. The second kappa shape index (κ2) is 6.50. The van der Waals surface area contributed by atoms with Gasteiger partial charge in [0.15, 0.2) is 0 Å². The second-order valence-corrected chi connectivity index (χ2v) is 6.01. The van der Waals surface area contributed by atoms with Crippen molar-refractivity contribution in [2.45, 2.75) is 39.2 Å². The van der Waals surface area contributed by atoms with Crippen LogP contribution in [0.1, 0.15) is 36.1 Å². The number of thiocarbonyl (C=S) groups is 1. The third-order valence-electron chi connectivity index (χ3n) is 3.89. The molecular formula is C15H23N3OS. The van der Waals surface area contributed by atoms with Gasteiger partial charge in [-0.1, -0.05) is 18.6 Å². The molecule has 4 nitrogen and oxygen atoms in total. The Kier molecular flexibility index (Phi) is 4.94. The zero-order chi connectivity index (χ0) is 14.7. The van der Waals surface area contributed by atoms with E-state index in [-0.39, 0.29) is 0 Å². The highest BCUT2D eigenvalue weighted by molar-refractivity contribution is 7.80. The first-order chi connectivity index (χ1) is 9.49. The van der Waals surface area contributed by atoms with Gasteiger partial charge < -0.3 is 15.4 Å². The molecule has 0 radical (unpaired) electrons. The van der Waals surface area contributed by atoms with Gasteiger partial charge in [-0.3, -0.25) is 0 Å². The molecule has 110 valence electrons. The molecule has 2 rings (SSSR count). The van der Waals surface area contributed by atoms with E-state index in [0.29, 0.717) is 23.5 Å². The summed E-state index contributed by atoms with van der Waals surface area (Å²) in [6.45, 7) is 5.72. The van der Waals surface area contributed by atoms with Gasteiger partial charge in [0.1, 0.15) is 11.6 Å². The smallest absolute Gasteiger partial charge is 0.224 e. The van der Waals surface area contributed by atoms with Crippen molar-refractivity contribution in [2.75, 3.05) is 20.2 Å². The Morgan fingerprint density at radius 1 is 1.50 bits per heavy atom. The standard InChI is InChI=1S/C15H23N3OS/c1-10-8-11(2)17-15(13(10)14(16)20)19-9-12-6-4-5-7-18(12)3/h8,12H,4-7,9H2,1-3H3,(H2,16,20). The molecule has 0 aliphatic carbocycles. The fourth-order valence-corrected chi connectivity index (χ4v) is 2.98. The fourth-order valence-electron chi connectivity index (χ4n) is 2.74. The van der Waals surface area contributed by atoms with Crippen LogP contribution in [-0.2, 0) is 0 Å². The minimum Gasteiger partial charge on any atom is -0.475 e. The number of nitrogens with zero attached hydrogens (tertiary/aromatic N) is 2. The lowest BCUT2D eigenvalue weighted by Gasteiger charge is -2.32. The Hall–Kier alpha value is -1.20. The van der Waals surface area contributed by atoms with E-state index in [0.717, 1.165) is 23.4 Å². The highest BCUT2D eigenvalue weighted by Crippen LogP contribution is 2.22. The summed E-state index contributed by atoms with van der Waals surface area (Å²) in [6, 6.07) is 2.43. The zero-order valence-corrected chi connectivity index (χ0v) is 13.3. The Morgan fingerprint density at radius 3 is 2.90 bits per heavy atom.